The van der Waals surface area contributed by atoms with E-state index in [9.17, 15) is 24.5 Å². The number of aliphatic imine (C=N–C) groups is 1. The molecule has 4 rings (SSSR count). The van der Waals surface area contributed by atoms with E-state index in [1.165, 1.54) is 35.3 Å². The SMILES string of the molecule is C=C/C=C\C(=C/C)N1C(=O)/C(=C/c2cc([N+](=O)[O-])ccc2Cl)C(=O)N=C1SCC(=O)NC(c1ccccc1)c1ccccc1. The summed E-state index contributed by atoms with van der Waals surface area (Å²) in [6.45, 7) is 5.36. The molecule has 3 aromatic carbocycles. The van der Waals surface area contributed by atoms with E-state index in [0.717, 1.165) is 22.9 Å². The maximum Gasteiger partial charge on any atom is 0.285 e. The molecule has 44 heavy (non-hydrogen) atoms. The summed E-state index contributed by atoms with van der Waals surface area (Å²) in [5.74, 6) is -2.09. The van der Waals surface area contributed by atoms with Crippen LogP contribution in [0.25, 0.3) is 6.08 Å². The third-order valence-corrected chi connectivity index (χ3v) is 7.69. The standard InChI is InChI=1S/C33H27ClN4O5S/c1-3-5-16-25(4-2)37-32(41)27(20-24-19-26(38(42)43)17-18-28(24)34)31(40)36-33(37)44-21-29(39)35-30(22-12-8-6-9-13-22)23-14-10-7-11-15-23/h3-20,30H,1,21H2,2H3,(H,35,39)/b16-5-,25-4+,27-20+. The average molecular weight is 627 g/mol. The van der Waals surface area contributed by atoms with E-state index in [1.54, 1.807) is 25.2 Å². The van der Waals surface area contributed by atoms with Gasteiger partial charge in [-0.1, -0.05) is 109 Å². The van der Waals surface area contributed by atoms with Gasteiger partial charge in [0, 0.05) is 28.4 Å². The van der Waals surface area contributed by atoms with Crippen LogP contribution in [0.1, 0.15) is 29.7 Å². The predicted octanol–water partition coefficient (Wildman–Crippen LogP) is 6.64. The Morgan fingerprint density at radius 2 is 1.73 bits per heavy atom. The van der Waals surface area contributed by atoms with Gasteiger partial charge < -0.3 is 5.32 Å². The zero-order chi connectivity index (χ0) is 31.6. The number of hydrogen-bond donors (Lipinski definition) is 1. The van der Waals surface area contributed by atoms with E-state index in [1.807, 2.05) is 60.7 Å². The minimum atomic E-state index is -0.869. The molecule has 0 bridgehead atoms. The second kappa shape index (κ2) is 14.9. The number of amides is 3. The first kappa shape index (κ1) is 31.9. The Balaban J connectivity index is 1.65. The molecule has 0 saturated carbocycles. The number of nitro benzene ring substituents is 1. The summed E-state index contributed by atoms with van der Waals surface area (Å²) in [4.78, 5) is 56.3. The quantitative estimate of drug-likeness (QED) is 0.0885. The molecule has 0 aromatic heterocycles. The lowest BCUT2D eigenvalue weighted by molar-refractivity contribution is -0.384. The molecule has 0 saturated heterocycles. The van der Waals surface area contributed by atoms with Crippen LogP contribution in [-0.4, -0.2) is 38.5 Å². The number of carbonyl (C=O) groups excluding carboxylic acids is 3. The molecule has 222 valence electrons. The van der Waals surface area contributed by atoms with Gasteiger partial charge in [0.2, 0.25) is 5.91 Å². The Labute approximate surface area is 263 Å². The fourth-order valence-corrected chi connectivity index (χ4v) is 5.28. The lowest BCUT2D eigenvalue weighted by Gasteiger charge is -2.28. The van der Waals surface area contributed by atoms with Crippen molar-refractivity contribution >= 4 is 58.0 Å². The molecule has 0 radical (unpaired) electrons. The van der Waals surface area contributed by atoms with Crippen LogP contribution in [0.3, 0.4) is 0 Å². The van der Waals surface area contributed by atoms with Gasteiger partial charge in [-0.25, -0.2) is 0 Å². The summed E-state index contributed by atoms with van der Waals surface area (Å²) in [6, 6.07) is 22.3. The van der Waals surface area contributed by atoms with Crippen LogP contribution < -0.4 is 5.32 Å². The van der Waals surface area contributed by atoms with Gasteiger partial charge in [0.25, 0.3) is 17.5 Å². The Hall–Kier alpha value is -5.06. The van der Waals surface area contributed by atoms with Gasteiger partial charge in [0.1, 0.15) is 5.57 Å². The molecule has 0 spiro atoms. The average Bonchev–Trinajstić information content (AvgIpc) is 3.03. The highest BCUT2D eigenvalue weighted by Crippen LogP contribution is 2.30. The third-order valence-electron chi connectivity index (χ3n) is 6.40. The number of benzene rings is 3. The number of nitrogens with zero attached hydrogens (tertiary/aromatic N) is 3. The Bertz CT molecular complexity index is 1680. The van der Waals surface area contributed by atoms with Crippen LogP contribution in [0.2, 0.25) is 5.02 Å². The summed E-state index contributed by atoms with van der Waals surface area (Å²) in [7, 11) is 0. The summed E-state index contributed by atoms with van der Waals surface area (Å²) >= 11 is 7.16. The van der Waals surface area contributed by atoms with Crippen molar-refractivity contribution in [2.75, 3.05) is 5.75 Å². The monoisotopic (exact) mass is 626 g/mol. The molecule has 1 heterocycles. The fourth-order valence-electron chi connectivity index (χ4n) is 4.30. The van der Waals surface area contributed by atoms with Crippen LogP contribution in [0.4, 0.5) is 5.69 Å². The Morgan fingerprint density at radius 3 is 2.30 bits per heavy atom. The largest absolute Gasteiger partial charge is 0.344 e. The maximum absolute atomic E-state index is 13.8. The number of nitro groups is 1. The molecule has 0 unspecified atom stereocenters. The minimum Gasteiger partial charge on any atom is -0.344 e. The molecule has 0 atom stereocenters. The van der Waals surface area contributed by atoms with Crippen molar-refractivity contribution < 1.29 is 19.3 Å². The Kier molecular flexibility index (Phi) is 10.8. The lowest BCUT2D eigenvalue weighted by atomic mass is 9.99. The molecule has 1 aliphatic rings. The molecule has 3 amide bonds. The molecule has 1 aliphatic heterocycles. The zero-order valence-corrected chi connectivity index (χ0v) is 25.1. The van der Waals surface area contributed by atoms with E-state index in [2.05, 4.69) is 16.9 Å². The molecule has 3 aromatic rings. The first-order valence-corrected chi connectivity index (χ1v) is 14.7. The molecule has 0 fully saturated rings. The summed E-state index contributed by atoms with van der Waals surface area (Å²) in [5.41, 5.74) is 1.66. The van der Waals surface area contributed by atoms with Gasteiger partial charge in [-0.15, -0.1) is 0 Å². The van der Waals surface area contributed by atoms with Crippen LogP contribution in [0.15, 0.2) is 126 Å². The van der Waals surface area contributed by atoms with Gasteiger partial charge in [-0.3, -0.25) is 29.4 Å². The highest BCUT2D eigenvalue weighted by Gasteiger charge is 2.35. The van der Waals surface area contributed by atoms with Crippen LogP contribution in [0.5, 0.6) is 0 Å². The number of hydrogen-bond acceptors (Lipinski definition) is 6. The lowest BCUT2D eigenvalue weighted by Crippen LogP contribution is -2.42. The molecular formula is C33H27ClN4O5S. The van der Waals surface area contributed by atoms with Crippen LogP contribution >= 0.6 is 23.4 Å². The second-order valence-electron chi connectivity index (χ2n) is 9.28. The van der Waals surface area contributed by atoms with Crippen molar-refractivity contribution in [2.45, 2.75) is 13.0 Å². The topological polar surface area (TPSA) is 122 Å². The number of amidine groups is 1. The first-order valence-electron chi connectivity index (χ1n) is 13.3. The number of rotatable bonds is 10. The van der Waals surface area contributed by atoms with E-state index < -0.39 is 22.8 Å². The first-order chi connectivity index (χ1) is 21.2. The van der Waals surface area contributed by atoms with Crippen molar-refractivity contribution in [3.05, 3.63) is 153 Å². The fraction of sp³-hybridized carbons (Fsp3) is 0.0909. The normalized spacial score (nSPS) is 14.7. The molecule has 1 N–H and O–H groups in total. The molecule has 0 aliphatic carbocycles. The maximum atomic E-state index is 13.8. The van der Waals surface area contributed by atoms with Crippen molar-refractivity contribution in [2.24, 2.45) is 4.99 Å². The summed E-state index contributed by atoms with van der Waals surface area (Å²) in [5, 5.41) is 14.4. The molecule has 9 nitrogen and oxygen atoms in total. The molecule has 11 heteroatoms. The van der Waals surface area contributed by atoms with Crippen molar-refractivity contribution in [1.82, 2.24) is 10.2 Å². The highest BCUT2D eigenvalue weighted by molar-refractivity contribution is 8.14. The number of carbonyl (C=O) groups is 3. The van der Waals surface area contributed by atoms with E-state index in [-0.39, 0.29) is 38.7 Å². The number of thioether (sulfide) groups is 1. The van der Waals surface area contributed by atoms with Crippen LogP contribution in [0, 0.1) is 10.1 Å². The van der Waals surface area contributed by atoms with Crippen molar-refractivity contribution in [3.63, 3.8) is 0 Å². The Morgan fingerprint density at radius 1 is 1.09 bits per heavy atom. The van der Waals surface area contributed by atoms with Gasteiger partial charge in [0.15, 0.2) is 5.17 Å². The zero-order valence-electron chi connectivity index (χ0n) is 23.6. The van der Waals surface area contributed by atoms with Crippen LogP contribution in [-0.2, 0) is 14.4 Å². The van der Waals surface area contributed by atoms with Crippen molar-refractivity contribution in [3.8, 4) is 0 Å². The summed E-state index contributed by atoms with van der Waals surface area (Å²) in [6.07, 6.45) is 7.56. The number of nitrogens with one attached hydrogen (secondary N) is 1. The van der Waals surface area contributed by atoms with Gasteiger partial charge >= 0.3 is 0 Å². The van der Waals surface area contributed by atoms with E-state index >= 15 is 0 Å². The van der Waals surface area contributed by atoms with Gasteiger partial charge in [0.05, 0.1) is 16.7 Å². The predicted molar refractivity (Wildman–Crippen MR) is 174 cm³/mol. The van der Waals surface area contributed by atoms with Gasteiger partial charge in [-0.2, -0.15) is 4.99 Å². The third kappa shape index (κ3) is 7.66. The highest BCUT2D eigenvalue weighted by atomic mass is 35.5. The summed E-state index contributed by atoms with van der Waals surface area (Å²) < 4.78 is 0. The number of halogens is 1. The van der Waals surface area contributed by atoms with E-state index in [0.29, 0.717) is 5.70 Å². The minimum absolute atomic E-state index is 0.00442. The smallest absolute Gasteiger partial charge is 0.285 e. The van der Waals surface area contributed by atoms with E-state index in [4.69, 9.17) is 11.6 Å². The number of non-ortho nitro benzene ring substituents is 1. The number of allylic oxidation sites excluding steroid dienone is 4. The second-order valence-corrected chi connectivity index (χ2v) is 10.6. The van der Waals surface area contributed by atoms with Gasteiger partial charge in [-0.05, 0) is 36.3 Å². The van der Waals surface area contributed by atoms with Crippen molar-refractivity contribution in [1.29, 1.82) is 0 Å². The molecular weight excluding hydrogens is 600 g/mol.